The van der Waals surface area contributed by atoms with E-state index in [2.05, 4.69) is 10.2 Å². The highest BCUT2D eigenvalue weighted by atomic mass is 16.5. The number of methoxy groups -OCH3 is 1. The summed E-state index contributed by atoms with van der Waals surface area (Å²) >= 11 is 0. The fourth-order valence-electron chi connectivity index (χ4n) is 3.01. The topological polar surface area (TPSA) is 87.9 Å². The van der Waals surface area contributed by atoms with Crippen LogP contribution in [0.2, 0.25) is 0 Å². The first-order chi connectivity index (χ1) is 11.9. The molecule has 2 amide bonds. The predicted octanol–water partition coefficient (Wildman–Crippen LogP) is 0.360. The number of amides is 2. The Kier molecular flexibility index (Phi) is 6.92. The van der Waals surface area contributed by atoms with Gasteiger partial charge in [0.05, 0.1) is 13.2 Å². The third-order valence-electron chi connectivity index (χ3n) is 4.46. The number of aryl methyl sites for hydroxylation is 2. The van der Waals surface area contributed by atoms with Gasteiger partial charge in [0, 0.05) is 39.0 Å². The third kappa shape index (κ3) is 5.26. The lowest BCUT2D eigenvalue weighted by Crippen LogP contribution is -2.55. The number of nitrogens with zero attached hydrogens (tertiary/aromatic N) is 2. The first kappa shape index (κ1) is 19.4. The van der Waals surface area contributed by atoms with E-state index in [9.17, 15) is 9.59 Å². The molecule has 1 atom stereocenters. The molecule has 3 N–H and O–H groups in total. The van der Waals surface area contributed by atoms with Crippen LogP contribution in [0.1, 0.15) is 11.1 Å². The van der Waals surface area contributed by atoms with E-state index in [1.807, 2.05) is 32.0 Å². The molecule has 1 aromatic carbocycles. The summed E-state index contributed by atoms with van der Waals surface area (Å²) in [5, 5.41) is 3.00. The van der Waals surface area contributed by atoms with Gasteiger partial charge in [0.1, 0.15) is 6.04 Å². The van der Waals surface area contributed by atoms with Gasteiger partial charge in [-0.2, -0.15) is 0 Å². The normalized spacial score (nSPS) is 16.6. The minimum atomic E-state index is -0.621. The van der Waals surface area contributed by atoms with Crippen molar-refractivity contribution in [2.75, 3.05) is 51.8 Å². The number of rotatable bonds is 6. The molecule has 2 rings (SSSR count). The van der Waals surface area contributed by atoms with Gasteiger partial charge in [0.25, 0.3) is 0 Å². The molecule has 0 spiro atoms. The Morgan fingerprint density at radius 3 is 2.36 bits per heavy atom. The summed E-state index contributed by atoms with van der Waals surface area (Å²) in [6.45, 7) is 6.97. The molecule has 0 aliphatic carbocycles. The van der Waals surface area contributed by atoms with E-state index in [0.717, 1.165) is 16.8 Å². The Bertz CT molecular complexity index is 592. The molecule has 0 saturated carbocycles. The van der Waals surface area contributed by atoms with Gasteiger partial charge in [0.15, 0.2) is 0 Å². The first-order valence-corrected chi connectivity index (χ1v) is 8.54. The highest BCUT2D eigenvalue weighted by Gasteiger charge is 2.26. The molecule has 1 fully saturated rings. The van der Waals surface area contributed by atoms with Crippen molar-refractivity contribution in [1.29, 1.82) is 0 Å². The average molecular weight is 348 g/mol. The number of ether oxygens (including phenoxy) is 1. The van der Waals surface area contributed by atoms with Crippen molar-refractivity contribution >= 4 is 17.5 Å². The van der Waals surface area contributed by atoms with Gasteiger partial charge in [-0.3, -0.25) is 14.5 Å². The number of anilines is 1. The molecule has 25 heavy (non-hydrogen) atoms. The molecular weight excluding hydrogens is 320 g/mol. The maximum atomic E-state index is 12.3. The fourth-order valence-corrected chi connectivity index (χ4v) is 3.01. The number of benzene rings is 1. The van der Waals surface area contributed by atoms with Crippen LogP contribution < -0.4 is 11.1 Å². The zero-order valence-corrected chi connectivity index (χ0v) is 15.2. The van der Waals surface area contributed by atoms with Gasteiger partial charge in [-0.1, -0.05) is 18.2 Å². The minimum Gasteiger partial charge on any atom is -0.383 e. The van der Waals surface area contributed by atoms with Crippen molar-refractivity contribution in [3.63, 3.8) is 0 Å². The number of nitrogens with one attached hydrogen (secondary N) is 1. The number of para-hydroxylation sites is 1. The zero-order valence-electron chi connectivity index (χ0n) is 15.2. The molecule has 138 valence electrons. The highest BCUT2D eigenvalue weighted by molar-refractivity contribution is 5.93. The number of carbonyl (C=O) groups is 2. The van der Waals surface area contributed by atoms with Crippen molar-refractivity contribution in [2.45, 2.75) is 19.9 Å². The molecule has 1 unspecified atom stereocenters. The summed E-state index contributed by atoms with van der Waals surface area (Å²) in [5.41, 5.74) is 8.78. The number of hydrogen-bond acceptors (Lipinski definition) is 5. The molecule has 0 aromatic heterocycles. The lowest BCUT2D eigenvalue weighted by Gasteiger charge is -2.35. The van der Waals surface area contributed by atoms with E-state index in [4.69, 9.17) is 10.5 Å². The standard InChI is InChI=1S/C18H28N4O3/c1-13-5-4-6-14(2)17(13)20-16(23)11-21-7-9-22(10-8-21)18(24)15(19)12-25-3/h4-6,15H,7-12,19H2,1-3H3,(H,20,23). The predicted molar refractivity (Wildman–Crippen MR) is 97.4 cm³/mol. The summed E-state index contributed by atoms with van der Waals surface area (Å²) in [5.74, 6) is -0.130. The van der Waals surface area contributed by atoms with Gasteiger partial charge >= 0.3 is 0 Å². The average Bonchev–Trinajstić information content (AvgIpc) is 2.58. The molecule has 7 heteroatoms. The van der Waals surface area contributed by atoms with Crippen LogP contribution in [0.15, 0.2) is 18.2 Å². The number of carbonyl (C=O) groups excluding carboxylic acids is 2. The van der Waals surface area contributed by atoms with Crippen molar-refractivity contribution in [2.24, 2.45) is 5.73 Å². The molecule has 0 radical (unpaired) electrons. The van der Waals surface area contributed by atoms with Crippen molar-refractivity contribution in [3.8, 4) is 0 Å². The molecule has 1 heterocycles. The minimum absolute atomic E-state index is 0.0340. The Labute approximate surface area is 149 Å². The summed E-state index contributed by atoms with van der Waals surface area (Å²) in [6.07, 6.45) is 0. The smallest absolute Gasteiger partial charge is 0.241 e. The van der Waals surface area contributed by atoms with Crippen LogP contribution in [0.3, 0.4) is 0 Å². The summed E-state index contributed by atoms with van der Waals surface area (Å²) in [7, 11) is 1.53. The van der Waals surface area contributed by atoms with Crippen LogP contribution in [-0.4, -0.2) is 74.1 Å². The van der Waals surface area contributed by atoms with E-state index in [-0.39, 0.29) is 18.4 Å². The second-order valence-electron chi connectivity index (χ2n) is 6.48. The second kappa shape index (κ2) is 8.94. The van der Waals surface area contributed by atoms with Gasteiger partial charge in [-0.05, 0) is 25.0 Å². The molecule has 7 nitrogen and oxygen atoms in total. The van der Waals surface area contributed by atoms with E-state index in [0.29, 0.717) is 32.7 Å². The van der Waals surface area contributed by atoms with Crippen LogP contribution in [-0.2, 0) is 14.3 Å². The molecule has 1 aliphatic heterocycles. The molecule has 1 saturated heterocycles. The fraction of sp³-hybridized carbons (Fsp3) is 0.556. The summed E-state index contributed by atoms with van der Waals surface area (Å²) in [4.78, 5) is 28.3. The van der Waals surface area contributed by atoms with Crippen LogP contribution in [0.4, 0.5) is 5.69 Å². The van der Waals surface area contributed by atoms with Crippen LogP contribution >= 0.6 is 0 Å². The quantitative estimate of drug-likeness (QED) is 0.775. The van der Waals surface area contributed by atoms with Crippen molar-refractivity contribution < 1.29 is 14.3 Å². The maximum absolute atomic E-state index is 12.3. The first-order valence-electron chi connectivity index (χ1n) is 8.54. The monoisotopic (exact) mass is 348 g/mol. The van der Waals surface area contributed by atoms with Gasteiger partial charge < -0.3 is 20.7 Å². The molecule has 1 aromatic rings. The zero-order chi connectivity index (χ0) is 18.4. The summed E-state index contributed by atoms with van der Waals surface area (Å²) < 4.78 is 4.93. The van der Waals surface area contributed by atoms with Crippen LogP contribution in [0, 0.1) is 13.8 Å². The Hall–Kier alpha value is -1.96. The second-order valence-corrected chi connectivity index (χ2v) is 6.48. The molecule has 0 bridgehead atoms. The third-order valence-corrected chi connectivity index (χ3v) is 4.46. The lowest BCUT2D eigenvalue weighted by atomic mass is 10.1. The molecule has 1 aliphatic rings. The number of nitrogens with two attached hydrogens (primary N) is 1. The number of hydrogen-bond donors (Lipinski definition) is 2. The van der Waals surface area contributed by atoms with E-state index < -0.39 is 6.04 Å². The molecular formula is C18H28N4O3. The van der Waals surface area contributed by atoms with Gasteiger partial charge in [-0.15, -0.1) is 0 Å². The van der Waals surface area contributed by atoms with E-state index >= 15 is 0 Å². The Morgan fingerprint density at radius 2 is 1.80 bits per heavy atom. The largest absolute Gasteiger partial charge is 0.383 e. The van der Waals surface area contributed by atoms with Crippen molar-refractivity contribution in [3.05, 3.63) is 29.3 Å². The van der Waals surface area contributed by atoms with E-state index in [1.54, 1.807) is 4.90 Å². The SMILES string of the molecule is COCC(N)C(=O)N1CCN(CC(=O)Nc2c(C)cccc2C)CC1. The maximum Gasteiger partial charge on any atom is 0.241 e. The van der Waals surface area contributed by atoms with Crippen molar-refractivity contribution in [1.82, 2.24) is 9.80 Å². The Balaban J connectivity index is 1.82. The van der Waals surface area contributed by atoms with Crippen LogP contribution in [0.25, 0.3) is 0 Å². The summed E-state index contributed by atoms with van der Waals surface area (Å²) in [6, 6.07) is 5.32. The van der Waals surface area contributed by atoms with Gasteiger partial charge in [0.2, 0.25) is 11.8 Å². The van der Waals surface area contributed by atoms with Crippen LogP contribution in [0.5, 0.6) is 0 Å². The van der Waals surface area contributed by atoms with Gasteiger partial charge in [-0.25, -0.2) is 0 Å². The lowest BCUT2D eigenvalue weighted by molar-refractivity contribution is -0.135. The number of piperazine rings is 1. The van der Waals surface area contributed by atoms with E-state index in [1.165, 1.54) is 7.11 Å². The highest BCUT2D eigenvalue weighted by Crippen LogP contribution is 2.19. The Morgan fingerprint density at radius 1 is 1.20 bits per heavy atom.